The molecule has 0 aliphatic carbocycles. The van der Waals surface area contributed by atoms with E-state index in [0.29, 0.717) is 12.0 Å². The average molecular weight is 300 g/mol. The maximum absolute atomic E-state index is 6.31. The zero-order valence-corrected chi connectivity index (χ0v) is 13.6. The summed E-state index contributed by atoms with van der Waals surface area (Å²) in [6, 6.07) is 15.9. The van der Waals surface area contributed by atoms with Crippen molar-refractivity contribution in [1.29, 1.82) is 0 Å². The fourth-order valence-corrected chi connectivity index (χ4v) is 4.55. The summed E-state index contributed by atoms with van der Waals surface area (Å²) in [4.78, 5) is 5.36. The molecule has 0 spiro atoms. The third-order valence-corrected chi connectivity index (χ3v) is 5.51. The first-order valence-corrected chi connectivity index (χ1v) is 8.57. The molecule has 1 fully saturated rings. The Hall–Kier alpha value is -1.16. The van der Waals surface area contributed by atoms with Crippen LogP contribution in [0.15, 0.2) is 42.5 Å². The van der Waals surface area contributed by atoms with E-state index < -0.39 is 0 Å². The van der Waals surface area contributed by atoms with Gasteiger partial charge in [-0.2, -0.15) is 0 Å². The highest BCUT2D eigenvalue weighted by Gasteiger charge is 2.32. The van der Waals surface area contributed by atoms with Crippen molar-refractivity contribution in [3.63, 3.8) is 0 Å². The number of hydrogen-bond donors (Lipinski definition) is 1. The number of aryl methyl sites for hydroxylation is 1. The van der Waals surface area contributed by atoms with Crippen molar-refractivity contribution in [3.8, 4) is 0 Å². The normalized spacial score (nSPS) is 22.3. The molecule has 3 unspecified atom stereocenters. The first kappa shape index (κ1) is 14.8. The minimum Gasteiger partial charge on any atom is -0.326 e. The second kappa shape index (κ2) is 6.30. The molecule has 2 heterocycles. The summed E-state index contributed by atoms with van der Waals surface area (Å²) in [7, 11) is 0. The Morgan fingerprint density at radius 2 is 1.95 bits per heavy atom. The molecule has 1 aromatic carbocycles. The van der Waals surface area contributed by atoms with Crippen molar-refractivity contribution in [2.45, 2.75) is 38.3 Å². The number of rotatable bonds is 4. The number of nitrogens with zero attached hydrogens (tertiary/aromatic N) is 1. The molecule has 2 nitrogen and oxygen atoms in total. The third-order valence-electron chi connectivity index (χ3n) is 4.43. The van der Waals surface area contributed by atoms with Gasteiger partial charge in [-0.25, -0.2) is 0 Å². The van der Waals surface area contributed by atoms with E-state index >= 15 is 0 Å². The molecule has 2 aromatic rings. The molecule has 112 valence electrons. The first-order chi connectivity index (χ1) is 10.1. The van der Waals surface area contributed by atoms with Gasteiger partial charge in [-0.1, -0.05) is 30.3 Å². The number of benzene rings is 1. The molecule has 3 heteroatoms. The second-order valence-electron chi connectivity index (χ2n) is 6.14. The SMILES string of the molecule is Cc1ccc(C(C(C)N)N2CCC(c3ccccc3)C2)s1. The van der Waals surface area contributed by atoms with Crippen molar-refractivity contribution < 1.29 is 0 Å². The maximum atomic E-state index is 6.31. The molecule has 0 amide bonds. The Kier molecular flexibility index (Phi) is 4.43. The summed E-state index contributed by atoms with van der Waals surface area (Å²) in [6.07, 6.45) is 1.23. The predicted molar refractivity (Wildman–Crippen MR) is 90.8 cm³/mol. The number of thiophene rings is 1. The van der Waals surface area contributed by atoms with Crippen molar-refractivity contribution >= 4 is 11.3 Å². The molecule has 0 saturated carbocycles. The van der Waals surface area contributed by atoms with Crippen molar-refractivity contribution in [2.24, 2.45) is 5.73 Å². The van der Waals surface area contributed by atoms with Gasteiger partial charge < -0.3 is 5.73 Å². The maximum Gasteiger partial charge on any atom is 0.0591 e. The summed E-state index contributed by atoms with van der Waals surface area (Å²) in [5, 5.41) is 0. The average Bonchev–Trinajstić information content (AvgIpc) is 3.10. The van der Waals surface area contributed by atoms with Gasteiger partial charge in [0.1, 0.15) is 0 Å². The van der Waals surface area contributed by atoms with Gasteiger partial charge in [-0.05, 0) is 50.4 Å². The van der Waals surface area contributed by atoms with Gasteiger partial charge in [0.15, 0.2) is 0 Å². The van der Waals surface area contributed by atoms with E-state index in [4.69, 9.17) is 5.73 Å². The molecule has 1 saturated heterocycles. The van der Waals surface area contributed by atoms with E-state index in [9.17, 15) is 0 Å². The molecule has 0 bridgehead atoms. The Balaban J connectivity index is 1.77. The van der Waals surface area contributed by atoms with Crippen LogP contribution in [-0.2, 0) is 0 Å². The number of hydrogen-bond acceptors (Lipinski definition) is 3. The predicted octanol–water partition coefficient (Wildman–Crippen LogP) is 3.93. The Morgan fingerprint density at radius 3 is 2.57 bits per heavy atom. The topological polar surface area (TPSA) is 29.3 Å². The summed E-state index contributed by atoms with van der Waals surface area (Å²) < 4.78 is 0. The standard InChI is InChI=1S/C18H24N2S/c1-13-8-9-17(21-13)18(14(2)19)20-11-10-16(12-20)15-6-4-3-5-7-15/h3-9,14,16,18H,10-12,19H2,1-2H3. The Morgan fingerprint density at radius 1 is 1.19 bits per heavy atom. The van der Waals surface area contributed by atoms with E-state index in [2.05, 4.69) is 61.2 Å². The van der Waals surface area contributed by atoms with Gasteiger partial charge in [0.05, 0.1) is 6.04 Å². The summed E-state index contributed by atoms with van der Waals surface area (Å²) in [5.74, 6) is 0.647. The van der Waals surface area contributed by atoms with Crippen molar-refractivity contribution in [2.75, 3.05) is 13.1 Å². The highest BCUT2D eigenvalue weighted by atomic mass is 32.1. The lowest BCUT2D eigenvalue weighted by Gasteiger charge is -2.30. The highest BCUT2D eigenvalue weighted by Crippen LogP contribution is 2.36. The molecule has 0 radical (unpaired) electrons. The van der Waals surface area contributed by atoms with E-state index in [0.717, 1.165) is 13.1 Å². The van der Waals surface area contributed by atoms with Crippen molar-refractivity contribution in [3.05, 3.63) is 57.8 Å². The van der Waals surface area contributed by atoms with Crippen LogP contribution in [0.2, 0.25) is 0 Å². The van der Waals surface area contributed by atoms with Crippen LogP contribution in [0, 0.1) is 6.92 Å². The molecule has 1 aliphatic rings. The molecule has 3 rings (SSSR count). The van der Waals surface area contributed by atoms with Crippen LogP contribution in [0.5, 0.6) is 0 Å². The van der Waals surface area contributed by atoms with Crippen LogP contribution in [0.25, 0.3) is 0 Å². The van der Waals surface area contributed by atoms with Crippen LogP contribution in [-0.4, -0.2) is 24.0 Å². The molecular formula is C18H24N2S. The van der Waals surface area contributed by atoms with Gasteiger partial charge >= 0.3 is 0 Å². The monoisotopic (exact) mass is 300 g/mol. The fraction of sp³-hybridized carbons (Fsp3) is 0.444. The lowest BCUT2D eigenvalue weighted by Crippen LogP contribution is -2.37. The molecule has 2 N–H and O–H groups in total. The molecule has 21 heavy (non-hydrogen) atoms. The van der Waals surface area contributed by atoms with Crippen LogP contribution in [0.3, 0.4) is 0 Å². The largest absolute Gasteiger partial charge is 0.326 e. The van der Waals surface area contributed by atoms with E-state index in [1.54, 1.807) is 0 Å². The minimum absolute atomic E-state index is 0.164. The highest BCUT2D eigenvalue weighted by molar-refractivity contribution is 7.12. The van der Waals surface area contributed by atoms with Crippen LogP contribution >= 0.6 is 11.3 Å². The fourth-order valence-electron chi connectivity index (χ4n) is 3.42. The van der Waals surface area contributed by atoms with Crippen LogP contribution in [0.1, 0.15) is 40.6 Å². The lowest BCUT2D eigenvalue weighted by atomic mass is 9.98. The second-order valence-corrected chi connectivity index (χ2v) is 7.46. The van der Waals surface area contributed by atoms with Crippen LogP contribution < -0.4 is 5.73 Å². The lowest BCUT2D eigenvalue weighted by molar-refractivity contribution is 0.220. The number of nitrogens with two attached hydrogens (primary N) is 1. The Labute approximate surface area is 131 Å². The zero-order chi connectivity index (χ0) is 14.8. The van der Waals surface area contributed by atoms with E-state index in [1.807, 2.05) is 11.3 Å². The van der Waals surface area contributed by atoms with E-state index in [-0.39, 0.29) is 6.04 Å². The smallest absolute Gasteiger partial charge is 0.0591 e. The van der Waals surface area contributed by atoms with Crippen LogP contribution in [0.4, 0.5) is 0 Å². The van der Waals surface area contributed by atoms with Gasteiger partial charge in [0, 0.05) is 22.3 Å². The van der Waals surface area contributed by atoms with E-state index in [1.165, 1.54) is 21.7 Å². The van der Waals surface area contributed by atoms with Gasteiger partial charge in [-0.15, -0.1) is 11.3 Å². The third kappa shape index (κ3) is 3.20. The molecule has 1 aromatic heterocycles. The van der Waals surface area contributed by atoms with Gasteiger partial charge in [0.25, 0.3) is 0 Å². The molecular weight excluding hydrogens is 276 g/mol. The van der Waals surface area contributed by atoms with Gasteiger partial charge in [-0.3, -0.25) is 4.90 Å². The first-order valence-electron chi connectivity index (χ1n) is 7.76. The molecule has 1 aliphatic heterocycles. The van der Waals surface area contributed by atoms with Gasteiger partial charge in [0.2, 0.25) is 0 Å². The molecule has 3 atom stereocenters. The summed E-state index contributed by atoms with van der Waals surface area (Å²) >= 11 is 1.89. The van der Waals surface area contributed by atoms with Crippen molar-refractivity contribution in [1.82, 2.24) is 4.90 Å². The number of likely N-dealkylation sites (tertiary alicyclic amines) is 1. The summed E-state index contributed by atoms with van der Waals surface area (Å²) in [6.45, 7) is 6.56. The quantitative estimate of drug-likeness (QED) is 0.927. The summed E-state index contributed by atoms with van der Waals surface area (Å²) in [5.41, 5.74) is 7.77. The zero-order valence-electron chi connectivity index (χ0n) is 12.8. The minimum atomic E-state index is 0.164. The Bertz CT molecular complexity index is 576.